The third kappa shape index (κ3) is 3.50. The fraction of sp³-hybridized carbons (Fsp3) is 0.409. The molecule has 10 heteroatoms. The van der Waals surface area contributed by atoms with Crippen LogP contribution in [0.4, 0.5) is 5.95 Å². The van der Waals surface area contributed by atoms with Gasteiger partial charge in [-0.2, -0.15) is 5.26 Å². The number of fused-ring (bicyclic) bond motifs is 3. The van der Waals surface area contributed by atoms with Gasteiger partial charge in [-0.1, -0.05) is 12.1 Å². The Balaban J connectivity index is 1.45. The molecular formula is C22H23N7O3. The van der Waals surface area contributed by atoms with E-state index < -0.39 is 18.3 Å². The quantitative estimate of drug-likeness (QED) is 0.619. The smallest absolute Gasteiger partial charge is 0.258 e. The minimum atomic E-state index is -0.737. The van der Waals surface area contributed by atoms with Gasteiger partial charge in [0.1, 0.15) is 17.8 Å². The number of aromatic nitrogens is 4. The molecule has 5 rings (SSSR count). The minimum absolute atomic E-state index is 0.119. The third-order valence-corrected chi connectivity index (χ3v) is 5.78. The Labute approximate surface area is 184 Å². The van der Waals surface area contributed by atoms with Crippen molar-refractivity contribution in [1.29, 1.82) is 5.26 Å². The Morgan fingerprint density at radius 2 is 2.19 bits per heavy atom. The van der Waals surface area contributed by atoms with Crippen LogP contribution < -0.4 is 10.6 Å². The molecule has 1 amide bonds. The molecule has 2 N–H and O–H groups in total. The van der Waals surface area contributed by atoms with Crippen LogP contribution in [0.15, 0.2) is 30.5 Å². The maximum absolute atomic E-state index is 12.8. The molecular weight excluding hydrogens is 410 g/mol. The summed E-state index contributed by atoms with van der Waals surface area (Å²) in [5, 5.41) is 15.9. The number of nitrogens with zero attached hydrogens (tertiary/aromatic N) is 5. The fourth-order valence-electron chi connectivity index (χ4n) is 4.25. The standard InChI is InChI=1S/C22H23N7O3/c1-3-29-15-7-5-4-6-14(15)26-20(29)13(8-23)18-12(2)9-25-22(27-18)28-21(30)19-16-10-24-11-17(31-16)32-19/h4-7,9,13,16-17,19,24H,3,10-11H2,1-2H3,(H,25,27,28,30)/t13?,16-,17-,19-/m1/s1. The van der Waals surface area contributed by atoms with Gasteiger partial charge in [0.25, 0.3) is 5.91 Å². The third-order valence-electron chi connectivity index (χ3n) is 5.78. The summed E-state index contributed by atoms with van der Waals surface area (Å²) in [6.45, 7) is 5.61. The van der Waals surface area contributed by atoms with Crippen molar-refractivity contribution >= 4 is 22.9 Å². The lowest BCUT2D eigenvalue weighted by molar-refractivity contribution is -0.127. The van der Waals surface area contributed by atoms with E-state index in [1.807, 2.05) is 42.7 Å². The van der Waals surface area contributed by atoms with Crippen molar-refractivity contribution in [2.75, 3.05) is 18.4 Å². The maximum atomic E-state index is 12.8. The summed E-state index contributed by atoms with van der Waals surface area (Å²) in [6.07, 6.45) is 0.0890. The van der Waals surface area contributed by atoms with E-state index in [1.165, 1.54) is 0 Å². The molecule has 164 valence electrons. The Morgan fingerprint density at radius 3 is 2.97 bits per heavy atom. The van der Waals surface area contributed by atoms with E-state index in [1.54, 1.807) is 6.20 Å². The zero-order chi connectivity index (χ0) is 22.2. The van der Waals surface area contributed by atoms with Gasteiger partial charge in [0.15, 0.2) is 12.4 Å². The van der Waals surface area contributed by atoms with Crippen molar-refractivity contribution < 1.29 is 14.3 Å². The molecule has 4 heterocycles. The molecule has 0 radical (unpaired) electrons. The summed E-state index contributed by atoms with van der Waals surface area (Å²) in [7, 11) is 0. The summed E-state index contributed by atoms with van der Waals surface area (Å²) < 4.78 is 13.3. The molecule has 0 spiro atoms. The number of hydrogen-bond donors (Lipinski definition) is 2. The van der Waals surface area contributed by atoms with Crippen molar-refractivity contribution in [2.24, 2.45) is 0 Å². The molecule has 2 saturated heterocycles. The average Bonchev–Trinajstić information content (AvgIpc) is 3.32. The first kappa shape index (κ1) is 20.5. The molecule has 3 aromatic rings. The van der Waals surface area contributed by atoms with Crippen LogP contribution in [0.3, 0.4) is 0 Å². The summed E-state index contributed by atoms with van der Waals surface area (Å²) in [4.78, 5) is 26.3. The Morgan fingerprint density at radius 1 is 1.34 bits per heavy atom. The van der Waals surface area contributed by atoms with Crippen molar-refractivity contribution in [3.05, 3.63) is 47.5 Å². The van der Waals surface area contributed by atoms with Gasteiger partial charge in [0.2, 0.25) is 5.95 Å². The van der Waals surface area contributed by atoms with Crippen LogP contribution in [0.1, 0.15) is 29.9 Å². The van der Waals surface area contributed by atoms with Gasteiger partial charge in [-0.15, -0.1) is 0 Å². The van der Waals surface area contributed by atoms with Gasteiger partial charge in [-0.3, -0.25) is 10.1 Å². The van der Waals surface area contributed by atoms with E-state index in [9.17, 15) is 10.1 Å². The van der Waals surface area contributed by atoms with Gasteiger partial charge in [0, 0.05) is 25.8 Å². The SMILES string of the molecule is CCn1c(C(C#N)c2nc(NC(=O)[C@@H]3O[C@@H]4CNC[C@H]3O4)ncc2C)nc2ccccc21. The molecule has 0 aliphatic carbocycles. The summed E-state index contributed by atoms with van der Waals surface area (Å²) in [5.74, 6) is -0.350. The number of nitriles is 1. The van der Waals surface area contributed by atoms with Gasteiger partial charge >= 0.3 is 0 Å². The number of anilines is 1. The predicted molar refractivity (Wildman–Crippen MR) is 115 cm³/mol. The lowest BCUT2D eigenvalue weighted by Crippen LogP contribution is -2.43. The number of amides is 1. The van der Waals surface area contributed by atoms with Crippen LogP contribution in [0, 0.1) is 18.3 Å². The number of ether oxygens (including phenoxy) is 2. The van der Waals surface area contributed by atoms with Crippen LogP contribution in [-0.4, -0.2) is 57.0 Å². The number of aryl methyl sites for hydroxylation is 2. The van der Waals surface area contributed by atoms with Crippen LogP contribution in [-0.2, 0) is 20.8 Å². The molecule has 1 aromatic carbocycles. The average molecular weight is 433 g/mol. The van der Waals surface area contributed by atoms with Gasteiger partial charge in [-0.05, 0) is 31.5 Å². The first-order chi connectivity index (χ1) is 15.6. The molecule has 2 aliphatic rings. The second-order valence-electron chi connectivity index (χ2n) is 7.84. The highest BCUT2D eigenvalue weighted by Crippen LogP contribution is 2.29. The van der Waals surface area contributed by atoms with Crippen molar-refractivity contribution in [1.82, 2.24) is 24.8 Å². The maximum Gasteiger partial charge on any atom is 0.258 e. The Bertz CT molecular complexity index is 1220. The lowest BCUT2D eigenvalue weighted by atomic mass is 10.0. The number of carbonyl (C=O) groups excluding carboxylic acids is 1. The molecule has 32 heavy (non-hydrogen) atoms. The lowest BCUT2D eigenvalue weighted by Gasteiger charge is -2.19. The highest BCUT2D eigenvalue weighted by atomic mass is 16.7. The number of hydrogen-bond acceptors (Lipinski definition) is 8. The predicted octanol–water partition coefficient (Wildman–Crippen LogP) is 1.46. The van der Waals surface area contributed by atoms with E-state index in [-0.39, 0.29) is 18.0 Å². The number of benzene rings is 1. The number of morpholine rings is 1. The molecule has 2 aromatic heterocycles. The monoisotopic (exact) mass is 433 g/mol. The Hall–Kier alpha value is -3.39. The summed E-state index contributed by atoms with van der Waals surface area (Å²) in [5.41, 5.74) is 3.03. The zero-order valence-electron chi connectivity index (χ0n) is 17.8. The fourth-order valence-corrected chi connectivity index (χ4v) is 4.25. The molecule has 2 aliphatic heterocycles. The van der Waals surface area contributed by atoms with Gasteiger partial charge in [-0.25, -0.2) is 15.0 Å². The van der Waals surface area contributed by atoms with Gasteiger partial charge < -0.3 is 19.4 Å². The highest BCUT2D eigenvalue weighted by molar-refractivity contribution is 5.93. The largest absolute Gasteiger partial charge is 0.343 e. The first-order valence-corrected chi connectivity index (χ1v) is 10.6. The topological polar surface area (TPSA) is 127 Å². The van der Waals surface area contributed by atoms with Crippen molar-refractivity contribution in [2.45, 2.75) is 44.8 Å². The second-order valence-corrected chi connectivity index (χ2v) is 7.84. The zero-order valence-corrected chi connectivity index (χ0v) is 17.8. The van der Waals surface area contributed by atoms with E-state index in [2.05, 4.69) is 26.7 Å². The van der Waals surface area contributed by atoms with E-state index >= 15 is 0 Å². The number of imidazole rings is 1. The molecule has 10 nitrogen and oxygen atoms in total. The number of carbonyl (C=O) groups is 1. The van der Waals surface area contributed by atoms with E-state index in [0.29, 0.717) is 31.2 Å². The second kappa shape index (κ2) is 8.27. The van der Waals surface area contributed by atoms with Crippen LogP contribution in [0.2, 0.25) is 0 Å². The molecule has 2 bridgehead atoms. The number of nitrogens with one attached hydrogen (secondary N) is 2. The molecule has 0 saturated carbocycles. The summed E-state index contributed by atoms with van der Waals surface area (Å²) in [6, 6.07) is 10.1. The van der Waals surface area contributed by atoms with E-state index in [0.717, 1.165) is 16.6 Å². The highest BCUT2D eigenvalue weighted by Gasteiger charge is 2.43. The van der Waals surface area contributed by atoms with Crippen LogP contribution in [0.5, 0.6) is 0 Å². The van der Waals surface area contributed by atoms with E-state index in [4.69, 9.17) is 14.5 Å². The van der Waals surface area contributed by atoms with Crippen LogP contribution in [0.25, 0.3) is 11.0 Å². The summed E-state index contributed by atoms with van der Waals surface area (Å²) >= 11 is 0. The number of para-hydroxylation sites is 2. The first-order valence-electron chi connectivity index (χ1n) is 10.6. The van der Waals surface area contributed by atoms with Gasteiger partial charge in [0.05, 0.1) is 22.8 Å². The normalized spacial score (nSPS) is 23.1. The molecule has 1 unspecified atom stereocenters. The minimum Gasteiger partial charge on any atom is -0.343 e. The molecule has 2 fully saturated rings. The van der Waals surface area contributed by atoms with Crippen molar-refractivity contribution in [3.8, 4) is 6.07 Å². The van der Waals surface area contributed by atoms with Crippen LogP contribution >= 0.6 is 0 Å². The Kier molecular flexibility index (Phi) is 5.30. The molecule has 4 atom stereocenters. The van der Waals surface area contributed by atoms with Crippen molar-refractivity contribution in [3.63, 3.8) is 0 Å². The number of rotatable bonds is 5.